The highest BCUT2D eigenvalue weighted by atomic mass is 35.5. The Balaban J connectivity index is 1.87. The van der Waals surface area contributed by atoms with Crippen LogP contribution >= 0.6 is 22.9 Å². The van der Waals surface area contributed by atoms with Crippen LogP contribution in [0.15, 0.2) is 23.6 Å². The first kappa shape index (κ1) is 11.5. The molecule has 3 rings (SSSR count). The van der Waals surface area contributed by atoms with E-state index < -0.39 is 0 Å². The van der Waals surface area contributed by atoms with E-state index >= 15 is 0 Å². The van der Waals surface area contributed by atoms with Crippen LogP contribution in [0.1, 0.15) is 5.56 Å². The van der Waals surface area contributed by atoms with Crippen LogP contribution in [0.4, 0.5) is 0 Å². The molecule has 1 aliphatic heterocycles. The molecule has 1 aromatic heterocycles. The second-order valence-corrected chi connectivity index (χ2v) is 5.55. The number of ether oxygens (including phenoxy) is 1. The Morgan fingerprint density at radius 2 is 2.12 bits per heavy atom. The van der Waals surface area contributed by atoms with E-state index in [9.17, 15) is 0 Å². The molecular formula is C13H14ClNOS. The van der Waals surface area contributed by atoms with Crippen molar-refractivity contribution < 1.29 is 4.74 Å². The van der Waals surface area contributed by atoms with Crippen molar-refractivity contribution >= 4 is 33.0 Å². The third-order valence-electron chi connectivity index (χ3n) is 3.13. The van der Waals surface area contributed by atoms with Crippen LogP contribution in [0.3, 0.4) is 0 Å². The average Bonchev–Trinajstić information content (AvgIpc) is 2.76. The van der Waals surface area contributed by atoms with Crippen LogP contribution in [0.5, 0.6) is 0 Å². The first-order chi connectivity index (χ1) is 8.34. The normalized spacial score (nSPS) is 17.7. The van der Waals surface area contributed by atoms with E-state index in [1.54, 1.807) is 11.3 Å². The molecule has 2 heterocycles. The van der Waals surface area contributed by atoms with Gasteiger partial charge in [-0.05, 0) is 22.4 Å². The van der Waals surface area contributed by atoms with Gasteiger partial charge in [-0.2, -0.15) is 0 Å². The van der Waals surface area contributed by atoms with Crippen molar-refractivity contribution in [3.63, 3.8) is 0 Å². The Hall–Kier alpha value is -0.610. The SMILES string of the molecule is Clc1cccc2c(CN3CCOCC3)csc12. The topological polar surface area (TPSA) is 12.5 Å². The Morgan fingerprint density at radius 3 is 2.94 bits per heavy atom. The van der Waals surface area contributed by atoms with E-state index in [0.717, 1.165) is 37.9 Å². The lowest BCUT2D eigenvalue weighted by atomic mass is 10.1. The number of hydrogen-bond acceptors (Lipinski definition) is 3. The summed E-state index contributed by atoms with van der Waals surface area (Å²) in [6.07, 6.45) is 0. The maximum absolute atomic E-state index is 6.19. The van der Waals surface area contributed by atoms with E-state index in [2.05, 4.69) is 16.3 Å². The minimum Gasteiger partial charge on any atom is -0.379 e. The van der Waals surface area contributed by atoms with Gasteiger partial charge in [0, 0.05) is 19.6 Å². The molecule has 0 bridgehead atoms. The average molecular weight is 268 g/mol. The van der Waals surface area contributed by atoms with Gasteiger partial charge in [-0.3, -0.25) is 4.90 Å². The van der Waals surface area contributed by atoms with Crippen LogP contribution in [-0.4, -0.2) is 31.2 Å². The summed E-state index contributed by atoms with van der Waals surface area (Å²) >= 11 is 7.93. The quantitative estimate of drug-likeness (QED) is 0.827. The van der Waals surface area contributed by atoms with Crippen molar-refractivity contribution in [1.82, 2.24) is 4.90 Å². The van der Waals surface area contributed by atoms with Gasteiger partial charge in [0.1, 0.15) is 0 Å². The molecule has 4 heteroatoms. The molecule has 0 unspecified atom stereocenters. The molecule has 0 saturated carbocycles. The standard InChI is InChI=1S/C13H14ClNOS/c14-12-3-1-2-11-10(9-17-13(11)12)8-15-4-6-16-7-5-15/h1-3,9H,4-8H2. The number of morpholine rings is 1. The summed E-state index contributed by atoms with van der Waals surface area (Å²) in [6, 6.07) is 6.15. The zero-order chi connectivity index (χ0) is 11.7. The summed E-state index contributed by atoms with van der Waals surface area (Å²) in [7, 11) is 0. The van der Waals surface area contributed by atoms with Crippen LogP contribution in [-0.2, 0) is 11.3 Å². The summed E-state index contributed by atoms with van der Waals surface area (Å²) in [4.78, 5) is 2.44. The molecule has 1 aliphatic rings. The molecule has 90 valence electrons. The van der Waals surface area contributed by atoms with Crippen LogP contribution in [0, 0.1) is 0 Å². The molecule has 0 spiro atoms. The highest BCUT2D eigenvalue weighted by molar-refractivity contribution is 7.18. The van der Waals surface area contributed by atoms with Gasteiger partial charge in [-0.1, -0.05) is 23.7 Å². The minimum atomic E-state index is 0.850. The van der Waals surface area contributed by atoms with E-state index in [0.29, 0.717) is 0 Å². The fourth-order valence-electron chi connectivity index (χ4n) is 2.20. The predicted molar refractivity (Wildman–Crippen MR) is 72.9 cm³/mol. The van der Waals surface area contributed by atoms with Gasteiger partial charge in [-0.25, -0.2) is 0 Å². The molecule has 0 aliphatic carbocycles. The predicted octanol–water partition coefficient (Wildman–Crippen LogP) is 3.39. The van der Waals surface area contributed by atoms with Gasteiger partial charge < -0.3 is 4.74 Å². The molecule has 1 saturated heterocycles. The van der Waals surface area contributed by atoms with E-state index in [-0.39, 0.29) is 0 Å². The van der Waals surface area contributed by atoms with Crippen molar-refractivity contribution in [3.8, 4) is 0 Å². The molecule has 0 radical (unpaired) electrons. The van der Waals surface area contributed by atoms with Crippen molar-refractivity contribution in [3.05, 3.63) is 34.2 Å². The summed E-state index contributed by atoms with van der Waals surface area (Å²) in [5, 5.41) is 4.39. The molecule has 0 atom stereocenters. The molecular weight excluding hydrogens is 254 g/mol. The zero-order valence-electron chi connectivity index (χ0n) is 9.49. The number of thiophene rings is 1. The zero-order valence-corrected chi connectivity index (χ0v) is 11.1. The number of halogens is 1. The van der Waals surface area contributed by atoms with Crippen molar-refractivity contribution in [2.45, 2.75) is 6.54 Å². The molecule has 0 N–H and O–H groups in total. The number of nitrogens with zero attached hydrogens (tertiary/aromatic N) is 1. The van der Waals surface area contributed by atoms with Crippen molar-refractivity contribution in [1.29, 1.82) is 0 Å². The van der Waals surface area contributed by atoms with Gasteiger partial charge in [0.15, 0.2) is 0 Å². The smallest absolute Gasteiger partial charge is 0.0594 e. The number of rotatable bonds is 2. The molecule has 0 amide bonds. The summed E-state index contributed by atoms with van der Waals surface area (Å²) < 4.78 is 6.57. The molecule has 1 fully saturated rings. The van der Waals surface area contributed by atoms with Crippen molar-refractivity contribution in [2.24, 2.45) is 0 Å². The monoisotopic (exact) mass is 267 g/mol. The van der Waals surface area contributed by atoms with Gasteiger partial charge in [0.2, 0.25) is 0 Å². The maximum Gasteiger partial charge on any atom is 0.0594 e. The minimum absolute atomic E-state index is 0.850. The first-order valence-electron chi connectivity index (χ1n) is 5.79. The van der Waals surface area contributed by atoms with Gasteiger partial charge in [-0.15, -0.1) is 11.3 Å². The summed E-state index contributed by atoms with van der Waals surface area (Å²) in [5.41, 5.74) is 1.38. The number of benzene rings is 1. The van der Waals surface area contributed by atoms with Crippen molar-refractivity contribution in [2.75, 3.05) is 26.3 Å². The van der Waals surface area contributed by atoms with Crippen LogP contribution < -0.4 is 0 Å². The third kappa shape index (κ3) is 2.33. The van der Waals surface area contributed by atoms with E-state index in [4.69, 9.17) is 16.3 Å². The van der Waals surface area contributed by atoms with Gasteiger partial charge in [0.05, 0.1) is 22.9 Å². The summed E-state index contributed by atoms with van der Waals surface area (Å²) in [6.45, 7) is 4.76. The molecule has 17 heavy (non-hydrogen) atoms. The highest BCUT2D eigenvalue weighted by Gasteiger charge is 2.13. The van der Waals surface area contributed by atoms with Gasteiger partial charge in [0.25, 0.3) is 0 Å². The molecule has 2 aromatic rings. The Bertz CT molecular complexity index is 519. The Kier molecular flexibility index (Phi) is 3.34. The largest absolute Gasteiger partial charge is 0.379 e. The van der Waals surface area contributed by atoms with E-state index in [1.165, 1.54) is 15.6 Å². The molecule has 1 aromatic carbocycles. The van der Waals surface area contributed by atoms with Crippen LogP contribution in [0.2, 0.25) is 5.02 Å². The third-order valence-corrected chi connectivity index (χ3v) is 4.63. The number of hydrogen-bond donors (Lipinski definition) is 0. The van der Waals surface area contributed by atoms with Gasteiger partial charge >= 0.3 is 0 Å². The number of fused-ring (bicyclic) bond motifs is 1. The second-order valence-electron chi connectivity index (χ2n) is 4.27. The lowest BCUT2D eigenvalue weighted by molar-refractivity contribution is 0.0344. The lowest BCUT2D eigenvalue weighted by Gasteiger charge is -2.26. The Morgan fingerprint density at radius 1 is 1.29 bits per heavy atom. The maximum atomic E-state index is 6.19. The lowest BCUT2D eigenvalue weighted by Crippen LogP contribution is -2.35. The molecule has 2 nitrogen and oxygen atoms in total. The fourth-order valence-corrected chi connectivity index (χ4v) is 3.47. The summed E-state index contributed by atoms with van der Waals surface area (Å²) in [5.74, 6) is 0. The van der Waals surface area contributed by atoms with Crippen LogP contribution in [0.25, 0.3) is 10.1 Å². The fraction of sp³-hybridized carbons (Fsp3) is 0.385. The highest BCUT2D eigenvalue weighted by Crippen LogP contribution is 2.32. The Labute approximate surface area is 110 Å². The second kappa shape index (κ2) is 4.94. The first-order valence-corrected chi connectivity index (χ1v) is 7.05. The van der Waals surface area contributed by atoms with E-state index in [1.807, 2.05) is 12.1 Å².